The summed E-state index contributed by atoms with van der Waals surface area (Å²) in [7, 11) is 0. The van der Waals surface area contributed by atoms with E-state index in [0.29, 0.717) is 19.2 Å². The van der Waals surface area contributed by atoms with Gasteiger partial charge in [0, 0.05) is 12.6 Å². The molecule has 0 aromatic carbocycles. The maximum Gasteiger partial charge on any atom is 0.0898 e. The van der Waals surface area contributed by atoms with Gasteiger partial charge in [-0.3, -0.25) is 0 Å². The SMILES string of the molecule is O[C@@H](CNC1CCCC1)COC12CC3CC(CC(C3)C1)C2. The third-order valence-corrected chi connectivity index (χ3v) is 6.56. The van der Waals surface area contributed by atoms with Crippen LogP contribution in [-0.4, -0.2) is 36.0 Å². The van der Waals surface area contributed by atoms with Crippen LogP contribution in [0.2, 0.25) is 0 Å². The Hall–Kier alpha value is -0.120. The highest BCUT2D eigenvalue weighted by Crippen LogP contribution is 2.57. The number of ether oxygens (including phenoxy) is 1. The van der Waals surface area contributed by atoms with Crippen LogP contribution in [0, 0.1) is 17.8 Å². The minimum atomic E-state index is -0.335. The Morgan fingerprint density at radius 2 is 1.57 bits per heavy atom. The minimum Gasteiger partial charge on any atom is -0.389 e. The normalized spacial score (nSPS) is 43.6. The summed E-state index contributed by atoms with van der Waals surface area (Å²) >= 11 is 0. The van der Waals surface area contributed by atoms with E-state index in [-0.39, 0.29) is 11.7 Å². The van der Waals surface area contributed by atoms with Crippen molar-refractivity contribution in [1.82, 2.24) is 5.32 Å². The highest BCUT2D eigenvalue weighted by molar-refractivity contribution is 5.03. The molecule has 5 saturated carbocycles. The average molecular weight is 293 g/mol. The second-order valence-corrected chi connectivity index (χ2v) is 8.46. The molecule has 3 heteroatoms. The molecule has 5 aliphatic rings. The zero-order valence-corrected chi connectivity index (χ0v) is 13.2. The van der Waals surface area contributed by atoms with Gasteiger partial charge in [-0.2, -0.15) is 0 Å². The minimum absolute atomic E-state index is 0.142. The van der Waals surface area contributed by atoms with Crippen LogP contribution in [0.1, 0.15) is 64.2 Å². The van der Waals surface area contributed by atoms with Crippen LogP contribution in [0.25, 0.3) is 0 Å². The Balaban J connectivity index is 1.24. The van der Waals surface area contributed by atoms with Gasteiger partial charge in [0.15, 0.2) is 0 Å². The summed E-state index contributed by atoms with van der Waals surface area (Å²) < 4.78 is 6.33. The van der Waals surface area contributed by atoms with Crippen molar-refractivity contribution in [3.8, 4) is 0 Å². The quantitative estimate of drug-likeness (QED) is 0.791. The standard InChI is InChI=1S/C18H31NO2/c20-17(11-19-16-3-1-2-4-16)12-21-18-8-13-5-14(9-18)7-15(6-13)10-18/h13-17,19-20H,1-12H2/t13?,14?,15?,17-,18?/m0/s1. The smallest absolute Gasteiger partial charge is 0.0898 e. The number of aliphatic hydroxyl groups is 1. The third-order valence-electron chi connectivity index (χ3n) is 6.56. The molecule has 3 nitrogen and oxygen atoms in total. The second kappa shape index (κ2) is 5.82. The van der Waals surface area contributed by atoms with Crippen LogP contribution in [0.15, 0.2) is 0 Å². The lowest BCUT2D eigenvalue weighted by molar-refractivity contribution is -0.174. The Labute approximate surface area is 128 Å². The first-order valence-corrected chi connectivity index (χ1v) is 9.26. The molecule has 0 radical (unpaired) electrons. The molecule has 0 aromatic rings. The first kappa shape index (κ1) is 14.5. The van der Waals surface area contributed by atoms with E-state index in [4.69, 9.17) is 4.74 Å². The van der Waals surface area contributed by atoms with Crippen molar-refractivity contribution in [2.24, 2.45) is 17.8 Å². The maximum atomic E-state index is 10.2. The van der Waals surface area contributed by atoms with Crippen LogP contribution in [0.5, 0.6) is 0 Å². The van der Waals surface area contributed by atoms with Gasteiger partial charge in [0.1, 0.15) is 0 Å². The topological polar surface area (TPSA) is 41.5 Å². The number of hydrogen-bond acceptors (Lipinski definition) is 3. The van der Waals surface area contributed by atoms with Gasteiger partial charge < -0.3 is 15.2 Å². The van der Waals surface area contributed by atoms with Crippen molar-refractivity contribution in [1.29, 1.82) is 0 Å². The Kier molecular flexibility index (Phi) is 4.01. The predicted octanol–water partition coefficient (Wildman–Crippen LogP) is 2.86. The van der Waals surface area contributed by atoms with Crippen LogP contribution >= 0.6 is 0 Å². The van der Waals surface area contributed by atoms with Gasteiger partial charge in [-0.15, -0.1) is 0 Å². The van der Waals surface area contributed by atoms with E-state index < -0.39 is 0 Å². The van der Waals surface area contributed by atoms with Crippen LogP contribution in [-0.2, 0) is 4.74 Å². The Morgan fingerprint density at radius 3 is 2.14 bits per heavy atom. The highest BCUT2D eigenvalue weighted by Gasteiger charge is 2.51. The van der Waals surface area contributed by atoms with E-state index in [0.717, 1.165) is 17.8 Å². The molecule has 0 unspecified atom stereocenters. The zero-order valence-electron chi connectivity index (χ0n) is 13.2. The summed E-state index contributed by atoms with van der Waals surface area (Å²) in [5.74, 6) is 2.76. The number of hydrogen-bond donors (Lipinski definition) is 2. The van der Waals surface area contributed by atoms with Gasteiger partial charge >= 0.3 is 0 Å². The highest BCUT2D eigenvalue weighted by atomic mass is 16.5. The van der Waals surface area contributed by atoms with Crippen molar-refractivity contribution in [3.63, 3.8) is 0 Å². The first-order chi connectivity index (χ1) is 10.2. The molecule has 5 fully saturated rings. The molecule has 2 N–H and O–H groups in total. The average Bonchev–Trinajstić information content (AvgIpc) is 2.95. The molecule has 1 atom stereocenters. The molecule has 21 heavy (non-hydrogen) atoms. The number of rotatable bonds is 6. The van der Waals surface area contributed by atoms with Gasteiger partial charge in [-0.25, -0.2) is 0 Å². The molecule has 5 aliphatic carbocycles. The van der Waals surface area contributed by atoms with E-state index in [1.54, 1.807) is 0 Å². The van der Waals surface area contributed by atoms with E-state index >= 15 is 0 Å². The lowest BCUT2D eigenvalue weighted by atomic mass is 9.54. The molecule has 4 bridgehead atoms. The molecule has 5 rings (SSSR count). The summed E-state index contributed by atoms with van der Waals surface area (Å²) in [5.41, 5.74) is 0.142. The molecule has 0 spiro atoms. The fraction of sp³-hybridized carbons (Fsp3) is 1.00. The first-order valence-electron chi connectivity index (χ1n) is 9.26. The Bertz CT molecular complexity index is 329. The summed E-state index contributed by atoms with van der Waals surface area (Å²) in [6, 6.07) is 0.638. The maximum absolute atomic E-state index is 10.2. The largest absolute Gasteiger partial charge is 0.389 e. The monoisotopic (exact) mass is 293 g/mol. The fourth-order valence-corrected chi connectivity index (χ4v) is 5.97. The van der Waals surface area contributed by atoms with Gasteiger partial charge in [-0.05, 0) is 69.1 Å². The van der Waals surface area contributed by atoms with Crippen LogP contribution < -0.4 is 5.32 Å². The van der Waals surface area contributed by atoms with Crippen molar-refractivity contribution in [2.75, 3.05) is 13.2 Å². The molecule has 120 valence electrons. The van der Waals surface area contributed by atoms with Crippen molar-refractivity contribution < 1.29 is 9.84 Å². The summed E-state index contributed by atoms with van der Waals surface area (Å²) in [5, 5.41) is 13.7. The van der Waals surface area contributed by atoms with Crippen molar-refractivity contribution in [3.05, 3.63) is 0 Å². The van der Waals surface area contributed by atoms with E-state index in [1.165, 1.54) is 64.2 Å². The molecular formula is C18H31NO2. The van der Waals surface area contributed by atoms with Gasteiger partial charge in [0.2, 0.25) is 0 Å². The predicted molar refractivity (Wildman–Crippen MR) is 83.1 cm³/mol. The fourth-order valence-electron chi connectivity index (χ4n) is 5.97. The summed E-state index contributed by atoms with van der Waals surface area (Å²) in [4.78, 5) is 0. The molecule has 0 aliphatic heterocycles. The van der Waals surface area contributed by atoms with E-state index in [9.17, 15) is 5.11 Å². The van der Waals surface area contributed by atoms with Crippen molar-refractivity contribution >= 4 is 0 Å². The van der Waals surface area contributed by atoms with Crippen LogP contribution in [0.3, 0.4) is 0 Å². The molecule has 0 aromatic heterocycles. The van der Waals surface area contributed by atoms with E-state index in [1.807, 2.05) is 0 Å². The molecular weight excluding hydrogens is 262 g/mol. The van der Waals surface area contributed by atoms with Crippen molar-refractivity contribution in [2.45, 2.75) is 82.0 Å². The van der Waals surface area contributed by atoms with Gasteiger partial charge in [-0.1, -0.05) is 12.8 Å². The molecule has 0 heterocycles. The molecule has 0 saturated heterocycles. The lowest BCUT2D eigenvalue weighted by Gasteiger charge is -2.56. The van der Waals surface area contributed by atoms with E-state index in [2.05, 4.69) is 5.32 Å². The summed E-state index contributed by atoms with van der Waals surface area (Å²) in [6.07, 6.45) is 13.1. The second-order valence-electron chi connectivity index (χ2n) is 8.46. The van der Waals surface area contributed by atoms with Gasteiger partial charge in [0.25, 0.3) is 0 Å². The summed E-state index contributed by atoms with van der Waals surface area (Å²) in [6.45, 7) is 1.24. The third kappa shape index (κ3) is 3.16. The molecule has 0 amide bonds. The van der Waals surface area contributed by atoms with Gasteiger partial charge in [0.05, 0.1) is 18.3 Å². The van der Waals surface area contributed by atoms with Crippen LogP contribution in [0.4, 0.5) is 0 Å². The lowest BCUT2D eigenvalue weighted by Crippen LogP contribution is -2.53. The Morgan fingerprint density at radius 1 is 1.00 bits per heavy atom. The number of aliphatic hydroxyl groups excluding tert-OH is 1. The zero-order chi connectivity index (χ0) is 14.3. The number of nitrogens with one attached hydrogen (secondary N) is 1.